The van der Waals surface area contributed by atoms with E-state index in [4.69, 9.17) is 5.11 Å². The predicted octanol–water partition coefficient (Wildman–Crippen LogP) is 1.01. The summed E-state index contributed by atoms with van der Waals surface area (Å²) < 4.78 is 0. The normalized spacial score (nSPS) is 16.0. The molecule has 0 aromatic heterocycles. The Bertz CT molecular complexity index is 165. The van der Waals surface area contributed by atoms with Crippen molar-refractivity contribution >= 4 is 5.97 Å². The molecule has 64 valence electrons. The van der Waals surface area contributed by atoms with Crippen LogP contribution >= 0.6 is 0 Å². The lowest BCUT2D eigenvalue weighted by Crippen LogP contribution is -2.50. The molecule has 1 atom stereocenters. The van der Waals surface area contributed by atoms with Crippen LogP contribution in [-0.4, -0.2) is 22.7 Å². The Morgan fingerprint density at radius 3 is 2.27 bits per heavy atom. The summed E-state index contributed by atoms with van der Waals surface area (Å²) in [6.45, 7) is 8.84. The summed E-state index contributed by atoms with van der Waals surface area (Å²) in [5, 5.41) is 11.6. The van der Waals surface area contributed by atoms with Crippen LogP contribution in [0.15, 0.2) is 12.7 Å². The topological polar surface area (TPSA) is 49.3 Å². The molecule has 0 aliphatic carbocycles. The predicted molar refractivity (Wildman–Crippen MR) is 44.5 cm³/mol. The zero-order chi connectivity index (χ0) is 9.07. The largest absolute Gasteiger partial charge is 0.480 e. The fourth-order valence-corrected chi connectivity index (χ4v) is 0.808. The van der Waals surface area contributed by atoms with Crippen LogP contribution in [0.1, 0.15) is 20.8 Å². The van der Waals surface area contributed by atoms with Crippen LogP contribution < -0.4 is 5.32 Å². The highest BCUT2D eigenvalue weighted by Gasteiger charge is 2.29. The number of hydrogen-bond donors (Lipinski definition) is 2. The Morgan fingerprint density at radius 2 is 2.18 bits per heavy atom. The summed E-state index contributed by atoms with van der Waals surface area (Å²) >= 11 is 0. The summed E-state index contributed by atoms with van der Waals surface area (Å²) in [7, 11) is 0. The fraction of sp³-hybridized carbons (Fsp3) is 0.625. The second-order valence-electron chi connectivity index (χ2n) is 3.01. The number of carbonyl (C=O) groups is 1. The maximum absolute atomic E-state index is 10.7. The van der Waals surface area contributed by atoms with Gasteiger partial charge in [-0.05, 0) is 20.8 Å². The van der Waals surface area contributed by atoms with Crippen LogP contribution in [0.4, 0.5) is 0 Å². The van der Waals surface area contributed by atoms with Crippen molar-refractivity contribution in [2.75, 3.05) is 0 Å². The van der Waals surface area contributed by atoms with Crippen LogP contribution in [0, 0.1) is 0 Å². The molecular weight excluding hydrogens is 142 g/mol. The van der Waals surface area contributed by atoms with Gasteiger partial charge in [-0.25, -0.2) is 4.79 Å². The van der Waals surface area contributed by atoms with Crippen LogP contribution in [0.5, 0.6) is 0 Å². The van der Waals surface area contributed by atoms with E-state index in [0.717, 1.165) is 0 Å². The first-order chi connectivity index (χ1) is 4.92. The molecule has 3 heteroatoms. The summed E-state index contributed by atoms with van der Waals surface area (Å²) in [4.78, 5) is 10.7. The molecule has 0 bridgehead atoms. The van der Waals surface area contributed by atoms with Gasteiger partial charge in [0.15, 0.2) is 0 Å². The Kier molecular flexibility index (Phi) is 3.26. The van der Waals surface area contributed by atoms with E-state index in [1.807, 2.05) is 13.8 Å². The van der Waals surface area contributed by atoms with E-state index in [-0.39, 0.29) is 6.04 Å². The van der Waals surface area contributed by atoms with E-state index in [1.165, 1.54) is 6.08 Å². The lowest BCUT2D eigenvalue weighted by molar-refractivity contribution is -0.142. The molecule has 3 nitrogen and oxygen atoms in total. The second-order valence-corrected chi connectivity index (χ2v) is 3.01. The number of carboxylic acids is 1. The van der Waals surface area contributed by atoms with E-state index < -0.39 is 11.5 Å². The van der Waals surface area contributed by atoms with Crippen molar-refractivity contribution in [1.82, 2.24) is 5.32 Å². The molecule has 0 aliphatic heterocycles. The fourth-order valence-electron chi connectivity index (χ4n) is 0.808. The lowest BCUT2D eigenvalue weighted by Gasteiger charge is -2.24. The molecule has 0 saturated carbocycles. The van der Waals surface area contributed by atoms with Crippen molar-refractivity contribution in [3.8, 4) is 0 Å². The SMILES string of the molecule is C=CC(C)(NC(C)C)C(=O)O. The van der Waals surface area contributed by atoms with E-state index in [0.29, 0.717) is 0 Å². The summed E-state index contributed by atoms with van der Waals surface area (Å²) in [6.07, 6.45) is 1.40. The first-order valence-electron chi connectivity index (χ1n) is 3.57. The molecule has 0 fully saturated rings. The minimum Gasteiger partial charge on any atom is -0.480 e. The third-order valence-corrected chi connectivity index (χ3v) is 1.44. The van der Waals surface area contributed by atoms with Gasteiger partial charge in [-0.15, -0.1) is 6.58 Å². The van der Waals surface area contributed by atoms with Crippen LogP contribution in [0.25, 0.3) is 0 Å². The number of carboxylic acid groups (broad SMARTS) is 1. The van der Waals surface area contributed by atoms with Gasteiger partial charge in [0, 0.05) is 6.04 Å². The lowest BCUT2D eigenvalue weighted by atomic mass is 10.0. The molecular formula is C8H15NO2. The highest BCUT2D eigenvalue weighted by molar-refractivity contribution is 5.80. The van der Waals surface area contributed by atoms with Crippen molar-refractivity contribution < 1.29 is 9.90 Å². The number of rotatable bonds is 4. The average Bonchev–Trinajstić information content (AvgIpc) is 1.86. The van der Waals surface area contributed by atoms with Gasteiger partial charge in [-0.3, -0.25) is 5.32 Å². The van der Waals surface area contributed by atoms with Crippen LogP contribution in [-0.2, 0) is 4.79 Å². The monoisotopic (exact) mass is 157 g/mol. The number of nitrogens with one attached hydrogen (secondary N) is 1. The first kappa shape index (κ1) is 10.2. The molecule has 0 spiro atoms. The minimum atomic E-state index is -1.01. The van der Waals surface area contributed by atoms with E-state index in [9.17, 15) is 4.79 Å². The van der Waals surface area contributed by atoms with Gasteiger partial charge in [-0.2, -0.15) is 0 Å². The Hall–Kier alpha value is -0.830. The van der Waals surface area contributed by atoms with Crippen molar-refractivity contribution in [3.63, 3.8) is 0 Å². The number of aliphatic carboxylic acids is 1. The maximum atomic E-state index is 10.7. The summed E-state index contributed by atoms with van der Waals surface area (Å²) in [6, 6.07) is 0.133. The average molecular weight is 157 g/mol. The molecule has 0 heterocycles. The van der Waals surface area contributed by atoms with Gasteiger partial charge in [0.1, 0.15) is 5.54 Å². The third-order valence-electron chi connectivity index (χ3n) is 1.44. The smallest absolute Gasteiger partial charge is 0.327 e. The summed E-state index contributed by atoms with van der Waals surface area (Å²) in [5.74, 6) is -0.902. The molecule has 0 aliphatic rings. The summed E-state index contributed by atoms with van der Waals surface area (Å²) in [5.41, 5.74) is -1.01. The van der Waals surface area contributed by atoms with E-state index in [1.54, 1.807) is 6.92 Å². The maximum Gasteiger partial charge on any atom is 0.327 e. The van der Waals surface area contributed by atoms with Gasteiger partial charge in [0.2, 0.25) is 0 Å². The Morgan fingerprint density at radius 1 is 1.73 bits per heavy atom. The molecule has 0 aromatic carbocycles. The third kappa shape index (κ3) is 2.72. The Balaban J connectivity index is 4.34. The van der Waals surface area contributed by atoms with Crippen molar-refractivity contribution in [3.05, 3.63) is 12.7 Å². The molecule has 2 N–H and O–H groups in total. The van der Waals surface area contributed by atoms with Gasteiger partial charge in [-0.1, -0.05) is 6.08 Å². The highest BCUT2D eigenvalue weighted by Crippen LogP contribution is 2.05. The second kappa shape index (κ2) is 3.53. The molecule has 0 amide bonds. The molecule has 11 heavy (non-hydrogen) atoms. The van der Waals surface area contributed by atoms with Gasteiger partial charge >= 0.3 is 5.97 Å². The van der Waals surface area contributed by atoms with Gasteiger partial charge < -0.3 is 5.11 Å². The molecule has 0 radical (unpaired) electrons. The van der Waals surface area contributed by atoms with Crippen molar-refractivity contribution in [2.24, 2.45) is 0 Å². The quantitative estimate of drug-likeness (QED) is 0.599. The standard InChI is InChI=1S/C8H15NO2/c1-5-8(4,7(10)11)9-6(2)3/h5-6,9H,1H2,2-4H3,(H,10,11). The molecule has 0 saturated heterocycles. The highest BCUT2D eigenvalue weighted by atomic mass is 16.4. The molecule has 0 aromatic rings. The zero-order valence-electron chi connectivity index (χ0n) is 7.22. The van der Waals surface area contributed by atoms with Crippen LogP contribution in [0.2, 0.25) is 0 Å². The van der Waals surface area contributed by atoms with Gasteiger partial charge in [0.05, 0.1) is 0 Å². The Labute approximate surface area is 67.1 Å². The van der Waals surface area contributed by atoms with Crippen molar-refractivity contribution in [1.29, 1.82) is 0 Å². The first-order valence-corrected chi connectivity index (χ1v) is 3.57. The molecule has 0 rings (SSSR count). The van der Waals surface area contributed by atoms with Crippen LogP contribution in [0.3, 0.4) is 0 Å². The van der Waals surface area contributed by atoms with E-state index >= 15 is 0 Å². The van der Waals surface area contributed by atoms with E-state index in [2.05, 4.69) is 11.9 Å². The minimum absolute atomic E-state index is 0.133. The number of hydrogen-bond acceptors (Lipinski definition) is 2. The van der Waals surface area contributed by atoms with Crippen molar-refractivity contribution in [2.45, 2.75) is 32.4 Å². The van der Waals surface area contributed by atoms with Gasteiger partial charge in [0.25, 0.3) is 0 Å². The zero-order valence-corrected chi connectivity index (χ0v) is 7.22. The molecule has 1 unspecified atom stereocenters.